The number of aliphatic carboxylic acids is 1. The number of Topliss-reactive ketones (excluding diaryl/α,β-unsaturated/α-hetero) is 1. The van der Waals surface area contributed by atoms with Gasteiger partial charge >= 0.3 is 5.97 Å². The molecule has 0 aliphatic carbocycles. The van der Waals surface area contributed by atoms with Crippen LogP contribution in [0.15, 0.2) is 41.9 Å². The summed E-state index contributed by atoms with van der Waals surface area (Å²) in [5, 5.41) is 8.65. The summed E-state index contributed by atoms with van der Waals surface area (Å²) in [6.07, 6.45) is 1.31. The number of carboxylic acid groups (broad SMARTS) is 1. The largest absolute Gasteiger partial charge is 0.481 e. The third-order valence-electron chi connectivity index (χ3n) is 3.19. The molecule has 0 bridgehead atoms. The normalized spacial score (nSPS) is 19.2. The van der Waals surface area contributed by atoms with Crippen LogP contribution in [0.1, 0.15) is 23.7 Å². The van der Waals surface area contributed by atoms with Crippen molar-refractivity contribution in [3.8, 4) is 0 Å². The van der Waals surface area contributed by atoms with Gasteiger partial charge in [0.25, 0.3) is 0 Å². The van der Waals surface area contributed by atoms with Crippen LogP contribution >= 0.6 is 11.8 Å². The van der Waals surface area contributed by atoms with Crippen molar-refractivity contribution in [1.82, 2.24) is 4.90 Å². The Labute approximate surface area is 137 Å². The van der Waals surface area contributed by atoms with E-state index < -0.39 is 11.2 Å². The minimum atomic E-state index is -1.03. The van der Waals surface area contributed by atoms with Gasteiger partial charge in [-0.05, 0) is 31.2 Å². The highest BCUT2D eigenvalue weighted by Gasteiger charge is 2.38. The molecule has 1 atom stereocenters. The van der Waals surface area contributed by atoms with Crippen LogP contribution in [0, 0.1) is 0 Å². The van der Waals surface area contributed by atoms with Crippen LogP contribution in [-0.4, -0.2) is 44.6 Å². The highest BCUT2D eigenvalue weighted by molar-refractivity contribution is 8.15. The number of rotatable bonds is 6. The second-order valence-corrected chi connectivity index (χ2v) is 6.11. The molecular weight excluding hydrogens is 316 g/mol. The predicted octanol–water partition coefficient (Wildman–Crippen LogP) is 2.48. The van der Waals surface area contributed by atoms with Crippen molar-refractivity contribution in [2.24, 2.45) is 4.99 Å². The lowest BCUT2D eigenvalue weighted by Gasteiger charge is -2.13. The molecule has 1 amide bonds. The van der Waals surface area contributed by atoms with E-state index in [4.69, 9.17) is 5.11 Å². The predicted molar refractivity (Wildman–Crippen MR) is 89.1 cm³/mol. The SMILES string of the molecule is C=CCN1C(=O)C(CC(=O)O)SC1=Nc1ccc(C(C)=O)cc1. The number of hydrogen-bond donors (Lipinski definition) is 1. The fourth-order valence-corrected chi connectivity index (χ4v) is 3.22. The average Bonchev–Trinajstić information content (AvgIpc) is 2.76. The van der Waals surface area contributed by atoms with E-state index in [2.05, 4.69) is 11.6 Å². The van der Waals surface area contributed by atoms with Crippen LogP contribution in [0.5, 0.6) is 0 Å². The molecule has 0 radical (unpaired) electrons. The zero-order valence-electron chi connectivity index (χ0n) is 12.6. The van der Waals surface area contributed by atoms with E-state index in [1.165, 1.54) is 11.8 Å². The van der Waals surface area contributed by atoms with Gasteiger partial charge in [0.05, 0.1) is 12.1 Å². The molecule has 1 fully saturated rings. The van der Waals surface area contributed by atoms with E-state index in [1.54, 1.807) is 30.3 Å². The maximum Gasteiger partial charge on any atom is 0.305 e. The number of nitrogens with zero attached hydrogens (tertiary/aromatic N) is 2. The van der Waals surface area contributed by atoms with Gasteiger partial charge in [-0.1, -0.05) is 17.8 Å². The van der Waals surface area contributed by atoms with E-state index >= 15 is 0 Å². The van der Waals surface area contributed by atoms with Crippen LogP contribution in [0.2, 0.25) is 0 Å². The molecule has 23 heavy (non-hydrogen) atoms. The van der Waals surface area contributed by atoms with Gasteiger partial charge in [-0.2, -0.15) is 0 Å². The van der Waals surface area contributed by atoms with E-state index in [1.807, 2.05) is 0 Å². The number of aliphatic imine (C=N–C) groups is 1. The average molecular weight is 332 g/mol. The van der Waals surface area contributed by atoms with Gasteiger partial charge in [0, 0.05) is 12.1 Å². The quantitative estimate of drug-likeness (QED) is 0.639. The minimum Gasteiger partial charge on any atom is -0.481 e. The molecular formula is C16H16N2O4S. The lowest BCUT2D eigenvalue weighted by molar-refractivity contribution is -0.139. The Balaban J connectivity index is 2.27. The molecule has 1 unspecified atom stereocenters. The Morgan fingerprint density at radius 1 is 1.39 bits per heavy atom. The highest BCUT2D eigenvalue weighted by Crippen LogP contribution is 2.31. The molecule has 1 aliphatic rings. The summed E-state index contributed by atoms with van der Waals surface area (Å²) in [5.41, 5.74) is 1.17. The zero-order chi connectivity index (χ0) is 17.0. The van der Waals surface area contributed by atoms with Crippen LogP contribution < -0.4 is 0 Å². The Morgan fingerprint density at radius 3 is 2.57 bits per heavy atom. The van der Waals surface area contributed by atoms with Gasteiger partial charge in [-0.15, -0.1) is 6.58 Å². The van der Waals surface area contributed by atoms with Crippen LogP contribution in [-0.2, 0) is 9.59 Å². The molecule has 0 spiro atoms. The minimum absolute atomic E-state index is 0.0376. The number of ketones is 1. The molecule has 120 valence electrons. The number of carbonyl (C=O) groups is 3. The lowest BCUT2D eigenvalue weighted by Crippen LogP contribution is -2.32. The van der Waals surface area contributed by atoms with Crippen molar-refractivity contribution in [3.63, 3.8) is 0 Å². The van der Waals surface area contributed by atoms with Crippen molar-refractivity contribution in [2.75, 3.05) is 6.54 Å². The molecule has 1 aromatic carbocycles. The first-order valence-corrected chi connectivity index (χ1v) is 7.80. The number of hydrogen-bond acceptors (Lipinski definition) is 5. The summed E-state index contributed by atoms with van der Waals surface area (Å²) in [6.45, 7) is 5.36. The Kier molecular flexibility index (Phi) is 5.33. The smallest absolute Gasteiger partial charge is 0.305 e. The van der Waals surface area contributed by atoms with Gasteiger partial charge in [-0.3, -0.25) is 19.3 Å². The van der Waals surface area contributed by atoms with Crippen LogP contribution in [0.3, 0.4) is 0 Å². The molecule has 1 aromatic rings. The maximum atomic E-state index is 12.2. The number of thioether (sulfide) groups is 1. The summed E-state index contributed by atoms with van der Waals surface area (Å²) in [5.74, 6) is -1.35. The number of amidine groups is 1. The second-order valence-electron chi connectivity index (χ2n) is 4.94. The van der Waals surface area contributed by atoms with Gasteiger partial charge in [0.1, 0.15) is 5.25 Å². The van der Waals surface area contributed by atoms with Gasteiger partial charge in [0.2, 0.25) is 5.91 Å². The number of carboxylic acids is 1. The summed E-state index contributed by atoms with van der Waals surface area (Å²) < 4.78 is 0. The number of carbonyl (C=O) groups excluding carboxylic acids is 2. The standard InChI is InChI=1S/C16H16N2O4S/c1-3-8-18-15(22)13(9-14(20)21)23-16(18)17-12-6-4-11(5-7-12)10(2)19/h3-7,13H,1,8-9H2,2H3,(H,20,21). The Morgan fingerprint density at radius 2 is 2.04 bits per heavy atom. The van der Waals surface area contributed by atoms with Crippen molar-refractivity contribution in [2.45, 2.75) is 18.6 Å². The molecule has 0 saturated carbocycles. The van der Waals surface area contributed by atoms with Crippen molar-refractivity contribution in [3.05, 3.63) is 42.5 Å². The monoisotopic (exact) mass is 332 g/mol. The van der Waals surface area contributed by atoms with E-state index in [0.717, 1.165) is 11.8 Å². The third kappa shape index (κ3) is 4.07. The summed E-state index contributed by atoms with van der Waals surface area (Å²) >= 11 is 1.13. The second kappa shape index (κ2) is 7.23. The molecule has 2 rings (SSSR count). The first-order valence-electron chi connectivity index (χ1n) is 6.92. The maximum absolute atomic E-state index is 12.2. The zero-order valence-corrected chi connectivity index (χ0v) is 13.4. The van der Waals surface area contributed by atoms with Crippen LogP contribution in [0.4, 0.5) is 5.69 Å². The number of amides is 1. The summed E-state index contributed by atoms with van der Waals surface area (Å²) in [6, 6.07) is 6.70. The molecule has 6 nitrogen and oxygen atoms in total. The van der Waals surface area contributed by atoms with E-state index in [-0.39, 0.29) is 24.7 Å². The molecule has 7 heteroatoms. The van der Waals surface area contributed by atoms with Crippen molar-refractivity contribution < 1.29 is 19.5 Å². The molecule has 1 saturated heterocycles. The Hall–Kier alpha value is -2.41. The molecule has 1 N–H and O–H groups in total. The molecule has 1 heterocycles. The van der Waals surface area contributed by atoms with E-state index in [0.29, 0.717) is 16.4 Å². The van der Waals surface area contributed by atoms with Gasteiger partial charge < -0.3 is 5.11 Å². The fraction of sp³-hybridized carbons (Fsp3) is 0.250. The fourth-order valence-electron chi connectivity index (χ4n) is 2.06. The Bertz CT molecular complexity index is 682. The third-order valence-corrected chi connectivity index (χ3v) is 4.37. The summed E-state index contributed by atoms with van der Waals surface area (Å²) in [4.78, 5) is 40.2. The molecule has 0 aromatic heterocycles. The van der Waals surface area contributed by atoms with Crippen molar-refractivity contribution >= 4 is 40.3 Å². The first-order chi connectivity index (χ1) is 10.9. The molecule has 1 aliphatic heterocycles. The lowest BCUT2D eigenvalue weighted by atomic mass is 10.1. The van der Waals surface area contributed by atoms with Crippen molar-refractivity contribution in [1.29, 1.82) is 0 Å². The van der Waals surface area contributed by atoms with Gasteiger partial charge in [-0.25, -0.2) is 4.99 Å². The topological polar surface area (TPSA) is 87.0 Å². The van der Waals surface area contributed by atoms with E-state index in [9.17, 15) is 14.4 Å². The van der Waals surface area contributed by atoms with Gasteiger partial charge in [0.15, 0.2) is 11.0 Å². The summed E-state index contributed by atoms with van der Waals surface area (Å²) in [7, 11) is 0. The first kappa shape index (κ1) is 17.0. The highest BCUT2D eigenvalue weighted by atomic mass is 32.2. The van der Waals surface area contributed by atoms with Crippen LogP contribution in [0.25, 0.3) is 0 Å². The number of benzene rings is 1.